The van der Waals surface area contributed by atoms with Gasteiger partial charge < -0.3 is 16.8 Å². The summed E-state index contributed by atoms with van der Waals surface area (Å²) in [5.41, 5.74) is 12.5. The Labute approximate surface area is 126 Å². The van der Waals surface area contributed by atoms with Crippen LogP contribution < -0.4 is 16.8 Å². The largest absolute Gasteiger partial charge is 0.388 e. The highest BCUT2D eigenvalue weighted by Crippen LogP contribution is 2.01. The minimum absolute atomic E-state index is 0.0597. The van der Waals surface area contributed by atoms with Crippen LogP contribution in [-0.2, 0) is 11.3 Å². The maximum atomic E-state index is 11.9. The first-order chi connectivity index (χ1) is 10.1. The Kier molecular flexibility index (Phi) is 8.31. The van der Waals surface area contributed by atoms with E-state index in [9.17, 15) is 4.79 Å². The molecule has 5 nitrogen and oxygen atoms in total. The van der Waals surface area contributed by atoms with Crippen molar-refractivity contribution in [3.8, 4) is 0 Å². The van der Waals surface area contributed by atoms with Crippen molar-refractivity contribution >= 4 is 11.6 Å². The highest BCUT2D eigenvalue weighted by Gasteiger charge is 2.12. The van der Waals surface area contributed by atoms with E-state index in [0.717, 1.165) is 18.4 Å². The van der Waals surface area contributed by atoms with Crippen molar-refractivity contribution in [2.75, 3.05) is 13.1 Å². The molecule has 5 N–H and O–H groups in total. The predicted octanol–water partition coefficient (Wildman–Crippen LogP) is 1.22. The molecule has 0 amide bonds. The summed E-state index contributed by atoms with van der Waals surface area (Å²) in [4.78, 5) is 16.0. The van der Waals surface area contributed by atoms with E-state index in [1.807, 2.05) is 30.3 Å². The number of benzene rings is 1. The highest BCUT2D eigenvalue weighted by atomic mass is 16.1. The molecule has 0 aromatic heterocycles. The van der Waals surface area contributed by atoms with E-state index in [1.54, 1.807) is 6.92 Å². The van der Waals surface area contributed by atoms with Crippen LogP contribution in [0.15, 0.2) is 35.3 Å². The third kappa shape index (κ3) is 8.22. The number of hydrogen-bond donors (Lipinski definition) is 3. The second kappa shape index (κ2) is 10.1. The predicted molar refractivity (Wildman–Crippen MR) is 87.1 cm³/mol. The number of amidine groups is 1. The molecule has 0 radical (unpaired) electrons. The number of hydrogen-bond acceptors (Lipinski definition) is 4. The minimum Gasteiger partial charge on any atom is -0.388 e. The summed E-state index contributed by atoms with van der Waals surface area (Å²) in [6, 6.07) is 9.60. The molecule has 1 unspecified atom stereocenters. The van der Waals surface area contributed by atoms with E-state index in [1.165, 1.54) is 0 Å². The number of rotatable bonds is 10. The first kappa shape index (κ1) is 17.3. The van der Waals surface area contributed by atoms with Gasteiger partial charge in [0.1, 0.15) is 0 Å². The van der Waals surface area contributed by atoms with Gasteiger partial charge in [-0.15, -0.1) is 0 Å². The van der Waals surface area contributed by atoms with Crippen molar-refractivity contribution in [3.63, 3.8) is 0 Å². The Bertz CT molecular complexity index is 441. The molecule has 1 aromatic carbocycles. The van der Waals surface area contributed by atoms with Crippen LogP contribution in [0.25, 0.3) is 0 Å². The number of nitrogens with one attached hydrogen (secondary N) is 1. The Morgan fingerprint density at radius 3 is 2.67 bits per heavy atom. The van der Waals surface area contributed by atoms with Crippen LogP contribution in [0, 0.1) is 0 Å². The molecule has 1 rings (SSSR count). The zero-order valence-electron chi connectivity index (χ0n) is 12.7. The molecule has 0 saturated carbocycles. The van der Waals surface area contributed by atoms with Gasteiger partial charge in [0.05, 0.1) is 18.4 Å². The van der Waals surface area contributed by atoms with E-state index in [0.29, 0.717) is 31.9 Å². The van der Waals surface area contributed by atoms with Crippen LogP contribution in [0.3, 0.4) is 0 Å². The molecule has 0 aliphatic heterocycles. The lowest BCUT2D eigenvalue weighted by atomic mass is 10.1. The maximum absolute atomic E-state index is 11.9. The number of carbonyl (C=O) groups is 1. The van der Waals surface area contributed by atoms with Crippen LogP contribution in [0.1, 0.15) is 31.7 Å². The van der Waals surface area contributed by atoms with Crippen molar-refractivity contribution in [3.05, 3.63) is 35.9 Å². The average Bonchev–Trinajstić information content (AvgIpc) is 2.47. The summed E-state index contributed by atoms with van der Waals surface area (Å²) in [7, 11) is 0. The zero-order valence-corrected chi connectivity index (χ0v) is 12.7. The molecule has 1 aromatic rings. The highest BCUT2D eigenvalue weighted by molar-refractivity contribution is 5.85. The van der Waals surface area contributed by atoms with Gasteiger partial charge in [-0.1, -0.05) is 30.3 Å². The van der Waals surface area contributed by atoms with E-state index >= 15 is 0 Å². The van der Waals surface area contributed by atoms with Gasteiger partial charge in [-0.25, -0.2) is 0 Å². The summed E-state index contributed by atoms with van der Waals surface area (Å²) < 4.78 is 0. The normalized spacial score (nSPS) is 13.1. The summed E-state index contributed by atoms with van der Waals surface area (Å²) in [5.74, 6) is 0.657. The SMILES string of the molecule is CC(N)=NCCCCC(N)C(=O)CNCc1ccccc1. The van der Waals surface area contributed by atoms with Crippen LogP contribution in [0.5, 0.6) is 0 Å². The van der Waals surface area contributed by atoms with Gasteiger partial charge in [0.2, 0.25) is 0 Å². The summed E-state index contributed by atoms with van der Waals surface area (Å²) in [6.07, 6.45) is 2.50. The Morgan fingerprint density at radius 1 is 1.29 bits per heavy atom. The van der Waals surface area contributed by atoms with Crippen molar-refractivity contribution in [2.24, 2.45) is 16.5 Å². The Balaban J connectivity index is 2.12. The first-order valence-corrected chi connectivity index (χ1v) is 7.39. The van der Waals surface area contributed by atoms with Gasteiger partial charge in [-0.3, -0.25) is 9.79 Å². The van der Waals surface area contributed by atoms with Crippen molar-refractivity contribution in [2.45, 2.75) is 38.8 Å². The van der Waals surface area contributed by atoms with E-state index in [4.69, 9.17) is 11.5 Å². The zero-order chi connectivity index (χ0) is 15.5. The molecular weight excluding hydrogens is 264 g/mol. The Hall–Kier alpha value is -1.72. The fraction of sp³-hybridized carbons (Fsp3) is 0.500. The quantitative estimate of drug-likeness (QED) is 0.343. The van der Waals surface area contributed by atoms with Gasteiger partial charge in [-0.05, 0) is 31.7 Å². The fourth-order valence-corrected chi connectivity index (χ4v) is 1.95. The molecule has 0 heterocycles. The average molecular weight is 290 g/mol. The summed E-state index contributed by atoms with van der Waals surface area (Å²) >= 11 is 0. The molecule has 0 fully saturated rings. The van der Waals surface area contributed by atoms with Crippen LogP contribution in [0.4, 0.5) is 0 Å². The first-order valence-electron chi connectivity index (χ1n) is 7.39. The third-order valence-corrected chi connectivity index (χ3v) is 3.17. The van der Waals surface area contributed by atoms with Crippen LogP contribution in [-0.4, -0.2) is 30.8 Å². The van der Waals surface area contributed by atoms with E-state index in [2.05, 4.69) is 10.3 Å². The molecule has 0 bridgehead atoms. The summed E-state index contributed by atoms with van der Waals surface area (Å²) in [5, 5.41) is 3.13. The maximum Gasteiger partial charge on any atom is 0.163 e. The second-order valence-electron chi connectivity index (χ2n) is 5.18. The molecule has 1 atom stereocenters. The second-order valence-corrected chi connectivity index (χ2v) is 5.18. The number of aliphatic imine (C=N–C) groups is 1. The number of nitrogens with two attached hydrogens (primary N) is 2. The topological polar surface area (TPSA) is 93.5 Å². The smallest absolute Gasteiger partial charge is 0.163 e. The molecule has 0 aliphatic rings. The lowest BCUT2D eigenvalue weighted by Gasteiger charge is -2.11. The van der Waals surface area contributed by atoms with Crippen molar-refractivity contribution < 1.29 is 4.79 Å². The van der Waals surface area contributed by atoms with Crippen LogP contribution >= 0.6 is 0 Å². The molecule has 0 saturated heterocycles. The van der Waals surface area contributed by atoms with E-state index in [-0.39, 0.29) is 5.78 Å². The molecule has 0 aliphatic carbocycles. The van der Waals surface area contributed by atoms with Crippen molar-refractivity contribution in [1.29, 1.82) is 0 Å². The number of ketones is 1. The number of nitrogens with zero attached hydrogens (tertiary/aromatic N) is 1. The standard InChI is InChI=1S/C16H26N4O/c1-13(17)20-10-6-5-9-15(18)16(21)12-19-11-14-7-3-2-4-8-14/h2-4,7-8,15,19H,5-6,9-12,18H2,1H3,(H2,17,20). The van der Waals surface area contributed by atoms with Gasteiger partial charge in [0.25, 0.3) is 0 Å². The fourth-order valence-electron chi connectivity index (χ4n) is 1.95. The van der Waals surface area contributed by atoms with Crippen LogP contribution in [0.2, 0.25) is 0 Å². The molecule has 0 spiro atoms. The van der Waals surface area contributed by atoms with Gasteiger partial charge in [0, 0.05) is 13.1 Å². The third-order valence-electron chi connectivity index (χ3n) is 3.17. The summed E-state index contributed by atoms with van der Waals surface area (Å²) in [6.45, 7) is 3.48. The molecule has 21 heavy (non-hydrogen) atoms. The van der Waals surface area contributed by atoms with E-state index < -0.39 is 6.04 Å². The molecule has 116 valence electrons. The number of unbranched alkanes of at least 4 members (excludes halogenated alkanes) is 1. The van der Waals surface area contributed by atoms with Crippen molar-refractivity contribution in [1.82, 2.24) is 5.32 Å². The monoisotopic (exact) mass is 290 g/mol. The van der Waals surface area contributed by atoms with Gasteiger partial charge in [0.15, 0.2) is 5.78 Å². The molecular formula is C16H26N4O. The molecule has 5 heteroatoms. The lowest BCUT2D eigenvalue weighted by molar-refractivity contribution is -0.119. The van der Waals surface area contributed by atoms with Gasteiger partial charge in [-0.2, -0.15) is 0 Å². The lowest BCUT2D eigenvalue weighted by Crippen LogP contribution is -2.37. The number of carbonyl (C=O) groups excluding carboxylic acids is 1. The Morgan fingerprint density at radius 2 is 2.00 bits per heavy atom. The minimum atomic E-state index is -0.392. The van der Waals surface area contributed by atoms with Gasteiger partial charge >= 0.3 is 0 Å². The number of Topliss-reactive ketones (excluding diaryl/α,β-unsaturated/α-hetero) is 1.